The highest BCUT2D eigenvalue weighted by Crippen LogP contribution is 2.42. The molecule has 2 aliphatic rings. The normalized spacial score (nSPS) is 32.3. The van der Waals surface area contributed by atoms with E-state index in [2.05, 4.69) is 55.6 Å². The molecule has 2 heteroatoms. The van der Waals surface area contributed by atoms with Crippen molar-refractivity contribution < 1.29 is 0 Å². The first kappa shape index (κ1) is 15.8. The summed E-state index contributed by atoms with van der Waals surface area (Å²) in [4.78, 5) is 0. The van der Waals surface area contributed by atoms with Gasteiger partial charge in [0.25, 0.3) is 0 Å². The van der Waals surface area contributed by atoms with Gasteiger partial charge in [0, 0.05) is 18.1 Å². The second-order valence-corrected chi connectivity index (χ2v) is 7.44. The molecule has 22 heavy (non-hydrogen) atoms. The molecular formula is C20H30N2. The Morgan fingerprint density at radius 2 is 1.82 bits per heavy atom. The number of hydrogen-bond donors (Lipinski definition) is 2. The van der Waals surface area contributed by atoms with E-state index < -0.39 is 0 Å². The molecule has 2 fully saturated rings. The molecule has 1 aromatic rings. The average Bonchev–Trinajstić information content (AvgIpc) is 3.27. The van der Waals surface area contributed by atoms with Gasteiger partial charge in [0.2, 0.25) is 0 Å². The lowest BCUT2D eigenvalue weighted by atomic mass is 9.91. The molecular weight excluding hydrogens is 268 g/mol. The molecule has 0 heterocycles. The monoisotopic (exact) mass is 298 g/mol. The number of hydrogen-bond acceptors (Lipinski definition) is 2. The van der Waals surface area contributed by atoms with Crippen LogP contribution in [-0.2, 0) is 0 Å². The zero-order chi connectivity index (χ0) is 15.5. The quantitative estimate of drug-likeness (QED) is 0.863. The zero-order valence-electron chi connectivity index (χ0n) is 14.0. The van der Waals surface area contributed by atoms with Crippen molar-refractivity contribution in [1.29, 1.82) is 0 Å². The van der Waals surface area contributed by atoms with E-state index in [0.29, 0.717) is 24.0 Å². The van der Waals surface area contributed by atoms with Gasteiger partial charge >= 0.3 is 0 Å². The minimum atomic E-state index is 0.442. The molecule has 2 nitrogen and oxygen atoms in total. The van der Waals surface area contributed by atoms with Crippen LogP contribution in [0.4, 0.5) is 0 Å². The first-order valence-electron chi connectivity index (χ1n) is 8.91. The van der Waals surface area contributed by atoms with Crippen molar-refractivity contribution in [2.75, 3.05) is 0 Å². The first-order chi connectivity index (χ1) is 10.6. The van der Waals surface area contributed by atoms with Gasteiger partial charge in [-0.25, -0.2) is 0 Å². The van der Waals surface area contributed by atoms with E-state index in [9.17, 15) is 0 Å². The third-order valence-corrected chi connectivity index (χ3v) is 5.24. The fourth-order valence-corrected chi connectivity index (χ4v) is 3.78. The Labute approximate surface area is 135 Å². The fourth-order valence-electron chi connectivity index (χ4n) is 3.78. The molecule has 0 aromatic heterocycles. The Bertz CT molecular complexity index is 498. The molecule has 120 valence electrons. The Kier molecular flexibility index (Phi) is 5.00. The van der Waals surface area contributed by atoms with Gasteiger partial charge in [0.05, 0.1) is 0 Å². The summed E-state index contributed by atoms with van der Waals surface area (Å²) in [5.74, 6) is 1.35. The minimum Gasteiger partial charge on any atom is -0.328 e. The van der Waals surface area contributed by atoms with E-state index >= 15 is 0 Å². The molecule has 0 saturated heterocycles. The topological polar surface area (TPSA) is 38.0 Å². The van der Waals surface area contributed by atoms with Crippen molar-refractivity contribution in [3.8, 4) is 0 Å². The van der Waals surface area contributed by atoms with Gasteiger partial charge in [-0.3, -0.25) is 0 Å². The van der Waals surface area contributed by atoms with Crippen molar-refractivity contribution in [3.05, 3.63) is 41.5 Å². The van der Waals surface area contributed by atoms with Crippen LogP contribution in [0.1, 0.15) is 51.5 Å². The van der Waals surface area contributed by atoms with Crippen LogP contribution in [-0.4, -0.2) is 18.1 Å². The van der Waals surface area contributed by atoms with Crippen molar-refractivity contribution in [1.82, 2.24) is 5.32 Å². The van der Waals surface area contributed by atoms with Gasteiger partial charge < -0.3 is 11.1 Å². The van der Waals surface area contributed by atoms with Gasteiger partial charge in [0.1, 0.15) is 0 Å². The molecule has 0 bridgehead atoms. The molecule has 2 aliphatic carbocycles. The maximum atomic E-state index is 6.01. The highest BCUT2D eigenvalue weighted by molar-refractivity contribution is 5.55. The van der Waals surface area contributed by atoms with Crippen LogP contribution >= 0.6 is 0 Å². The second kappa shape index (κ2) is 6.97. The SMILES string of the molecule is CC(C)/C(=C\c1ccccc1)[C@@H]1C[C@H]1N[C@H]1CC[C@H](N)CC1. The maximum Gasteiger partial charge on any atom is 0.0142 e. The summed E-state index contributed by atoms with van der Waals surface area (Å²) in [5, 5.41) is 3.89. The summed E-state index contributed by atoms with van der Waals surface area (Å²) in [7, 11) is 0. The summed E-state index contributed by atoms with van der Waals surface area (Å²) >= 11 is 0. The molecule has 0 unspecified atom stereocenters. The standard InChI is InChI=1S/C20H30N2/c1-14(2)18(12-15-6-4-3-5-7-15)19-13-20(19)22-17-10-8-16(21)9-11-17/h3-7,12,14,16-17,19-20,22H,8-11,13,21H2,1-2H3/b18-12+/t16-,17-,19-,20+/m0/s1. The lowest BCUT2D eigenvalue weighted by Gasteiger charge is -2.27. The summed E-state index contributed by atoms with van der Waals surface area (Å²) < 4.78 is 0. The molecule has 2 saturated carbocycles. The fraction of sp³-hybridized carbons (Fsp3) is 0.600. The molecule has 0 spiro atoms. The van der Waals surface area contributed by atoms with Crippen LogP contribution < -0.4 is 11.1 Å². The predicted molar refractivity (Wildman–Crippen MR) is 94.5 cm³/mol. The predicted octanol–water partition coefficient (Wildman–Crippen LogP) is 3.97. The van der Waals surface area contributed by atoms with Gasteiger partial charge in [0.15, 0.2) is 0 Å². The van der Waals surface area contributed by atoms with Crippen LogP contribution in [0.2, 0.25) is 0 Å². The largest absolute Gasteiger partial charge is 0.328 e. The zero-order valence-corrected chi connectivity index (χ0v) is 14.0. The van der Waals surface area contributed by atoms with Gasteiger partial charge in [-0.15, -0.1) is 0 Å². The molecule has 2 atom stereocenters. The van der Waals surface area contributed by atoms with Crippen LogP contribution in [0.3, 0.4) is 0 Å². The summed E-state index contributed by atoms with van der Waals surface area (Å²) in [6.45, 7) is 4.65. The Balaban J connectivity index is 1.59. The molecule has 1 aromatic carbocycles. The van der Waals surface area contributed by atoms with E-state index in [4.69, 9.17) is 5.73 Å². The number of benzene rings is 1. The van der Waals surface area contributed by atoms with Crippen molar-refractivity contribution in [2.45, 2.75) is 64.1 Å². The Morgan fingerprint density at radius 3 is 2.45 bits per heavy atom. The van der Waals surface area contributed by atoms with Crippen LogP contribution in [0.5, 0.6) is 0 Å². The smallest absolute Gasteiger partial charge is 0.0142 e. The van der Waals surface area contributed by atoms with Crippen LogP contribution in [0.25, 0.3) is 6.08 Å². The molecule has 3 rings (SSSR count). The average molecular weight is 298 g/mol. The molecule has 0 aliphatic heterocycles. The van der Waals surface area contributed by atoms with Crippen molar-refractivity contribution in [3.63, 3.8) is 0 Å². The Hall–Kier alpha value is -1.12. The third kappa shape index (κ3) is 3.99. The van der Waals surface area contributed by atoms with Gasteiger partial charge in [-0.1, -0.05) is 55.8 Å². The summed E-state index contributed by atoms with van der Waals surface area (Å²) in [6, 6.07) is 12.6. The van der Waals surface area contributed by atoms with E-state index in [1.54, 1.807) is 5.57 Å². The van der Waals surface area contributed by atoms with E-state index in [0.717, 1.165) is 5.92 Å². The number of nitrogens with two attached hydrogens (primary N) is 1. The lowest BCUT2D eigenvalue weighted by molar-refractivity contribution is 0.338. The van der Waals surface area contributed by atoms with E-state index in [1.165, 1.54) is 37.7 Å². The van der Waals surface area contributed by atoms with Crippen LogP contribution in [0.15, 0.2) is 35.9 Å². The molecule has 0 radical (unpaired) electrons. The number of nitrogens with one attached hydrogen (secondary N) is 1. The maximum absolute atomic E-state index is 6.01. The van der Waals surface area contributed by atoms with Gasteiger partial charge in [-0.2, -0.15) is 0 Å². The number of rotatable bonds is 5. The van der Waals surface area contributed by atoms with Gasteiger partial charge in [-0.05, 0) is 49.5 Å². The Morgan fingerprint density at radius 1 is 1.14 bits per heavy atom. The third-order valence-electron chi connectivity index (χ3n) is 5.24. The van der Waals surface area contributed by atoms with E-state index in [1.807, 2.05) is 0 Å². The van der Waals surface area contributed by atoms with Crippen molar-refractivity contribution >= 4 is 6.08 Å². The van der Waals surface area contributed by atoms with E-state index in [-0.39, 0.29) is 0 Å². The second-order valence-electron chi connectivity index (χ2n) is 7.44. The summed E-state index contributed by atoms with van der Waals surface area (Å²) in [6.07, 6.45) is 8.60. The molecule has 3 N–H and O–H groups in total. The highest BCUT2D eigenvalue weighted by Gasteiger charge is 2.41. The summed E-state index contributed by atoms with van der Waals surface area (Å²) in [5.41, 5.74) is 8.95. The van der Waals surface area contributed by atoms with Crippen molar-refractivity contribution in [2.24, 2.45) is 17.6 Å². The highest BCUT2D eigenvalue weighted by atomic mass is 15.0. The molecule has 0 amide bonds. The first-order valence-corrected chi connectivity index (χ1v) is 8.91. The van der Waals surface area contributed by atoms with Crippen LogP contribution in [0, 0.1) is 11.8 Å². The minimum absolute atomic E-state index is 0.442. The lowest BCUT2D eigenvalue weighted by Crippen LogP contribution is -2.39.